The van der Waals surface area contributed by atoms with Crippen LogP contribution in [0.2, 0.25) is 5.02 Å². The second-order valence-electron chi connectivity index (χ2n) is 4.02. The molecule has 1 heterocycles. The third-order valence-corrected chi connectivity index (χ3v) is 4.17. The van der Waals surface area contributed by atoms with Crippen LogP contribution in [0.4, 0.5) is 0 Å². The minimum atomic E-state index is -0.559. The van der Waals surface area contributed by atoms with Crippen molar-refractivity contribution in [2.75, 3.05) is 0 Å². The van der Waals surface area contributed by atoms with E-state index in [1.54, 1.807) is 19.1 Å². The monoisotopic (exact) mass is 299 g/mol. The first-order valence-corrected chi connectivity index (χ1v) is 7.03. The van der Waals surface area contributed by atoms with Gasteiger partial charge in [-0.1, -0.05) is 17.7 Å². The molecule has 2 rings (SSSR count). The molecule has 0 spiro atoms. The van der Waals surface area contributed by atoms with Gasteiger partial charge >= 0.3 is 5.69 Å². The fourth-order valence-electron chi connectivity index (χ4n) is 1.62. The molecule has 0 unspecified atom stereocenters. The van der Waals surface area contributed by atoms with Crippen molar-refractivity contribution in [2.45, 2.75) is 36.5 Å². The van der Waals surface area contributed by atoms with E-state index >= 15 is 0 Å². The van der Waals surface area contributed by atoms with E-state index in [0.717, 1.165) is 10.5 Å². The Morgan fingerprint density at radius 2 is 2.32 bits per heavy atom. The average molecular weight is 300 g/mol. The topological polar surface area (TPSA) is 70.9 Å². The molecule has 0 aliphatic rings. The first kappa shape index (κ1) is 14.2. The van der Waals surface area contributed by atoms with Gasteiger partial charge in [0, 0.05) is 11.4 Å². The van der Waals surface area contributed by atoms with Gasteiger partial charge < -0.3 is 5.11 Å². The van der Waals surface area contributed by atoms with Crippen LogP contribution >= 0.6 is 23.4 Å². The van der Waals surface area contributed by atoms with Crippen LogP contribution < -0.4 is 5.69 Å². The zero-order valence-corrected chi connectivity index (χ0v) is 12.1. The van der Waals surface area contributed by atoms with Gasteiger partial charge in [0.2, 0.25) is 0 Å². The van der Waals surface area contributed by atoms with Gasteiger partial charge in [-0.15, -0.1) is 5.10 Å². The number of benzene rings is 1. The van der Waals surface area contributed by atoms with Gasteiger partial charge in [0.05, 0.1) is 11.1 Å². The van der Waals surface area contributed by atoms with Crippen molar-refractivity contribution in [2.24, 2.45) is 0 Å². The van der Waals surface area contributed by atoms with Gasteiger partial charge in [0.1, 0.15) is 0 Å². The molecule has 2 N–H and O–H groups in total. The Bertz CT molecular complexity index is 636. The normalized spacial score (nSPS) is 12.6. The van der Waals surface area contributed by atoms with Crippen molar-refractivity contribution in [3.05, 3.63) is 39.3 Å². The summed E-state index contributed by atoms with van der Waals surface area (Å²) in [6.45, 7) is 4.10. The van der Waals surface area contributed by atoms with E-state index in [2.05, 4.69) is 10.2 Å². The van der Waals surface area contributed by atoms with Gasteiger partial charge in [-0.05, 0) is 43.3 Å². The van der Waals surface area contributed by atoms with E-state index in [0.29, 0.717) is 16.7 Å². The fourth-order valence-corrected chi connectivity index (χ4v) is 2.83. The number of aliphatic hydroxyl groups is 1. The summed E-state index contributed by atoms with van der Waals surface area (Å²) in [4.78, 5) is 12.2. The number of nitrogens with zero attached hydrogens (tertiary/aromatic N) is 2. The van der Waals surface area contributed by atoms with E-state index in [9.17, 15) is 9.90 Å². The van der Waals surface area contributed by atoms with Crippen LogP contribution in [0.15, 0.2) is 33.0 Å². The second-order valence-corrected chi connectivity index (χ2v) is 5.44. The SMILES string of the molecule is CCn1c(Sc2ccc([C@@H](C)O)cc2Cl)n[nH]c1=O. The first-order valence-electron chi connectivity index (χ1n) is 5.83. The number of rotatable bonds is 4. The second kappa shape index (κ2) is 5.81. The minimum absolute atomic E-state index is 0.235. The first-order chi connectivity index (χ1) is 9.02. The number of aliphatic hydroxyl groups excluding tert-OH is 1. The van der Waals surface area contributed by atoms with Crippen LogP contribution in [0.1, 0.15) is 25.5 Å². The highest BCUT2D eigenvalue weighted by Gasteiger charge is 2.12. The predicted octanol–water partition coefficient (Wildman–Crippen LogP) is 2.45. The number of aromatic amines is 1. The van der Waals surface area contributed by atoms with Crippen LogP contribution in [-0.4, -0.2) is 19.9 Å². The summed E-state index contributed by atoms with van der Waals surface area (Å²) in [7, 11) is 0. The lowest BCUT2D eigenvalue weighted by Crippen LogP contribution is -2.16. The van der Waals surface area contributed by atoms with E-state index in [-0.39, 0.29) is 5.69 Å². The molecule has 2 aromatic rings. The lowest BCUT2D eigenvalue weighted by atomic mass is 10.1. The van der Waals surface area contributed by atoms with Crippen molar-refractivity contribution in [3.63, 3.8) is 0 Å². The maximum atomic E-state index is 11.5. The molecule has 0 saturated carbocycles. The molecule has 0 aliphatic carbocycles. The number of halogens is 1. The number of aromatic nitrogens is 3. The van der Waals surface area contributed by atoms with Gasteiger partial charge in [0.15, 0.2) is 5.16 Å². The third-order valence-electron chi connectivity index (χ3n) is 2.68. The predicted molar refractivity (Wildman–Crippen MR) is 74.7 cm³/mol. The Morgan fingerprint density at radius 3 is 2.89 bits per heavy atom. The van der Waals surface area contributed by atoms with Crippen molar-refractivity contribution in [1.29, 1.82) is 0 Å². The molecule has 102 valence electrons. The van der Waals surface area contributed by atoms with Crippen LogP contribution in [0.25, 0.3) is 0 Å². The molecular formula is C12H14ClN3O2S. The molecule has 5 nitrogen and oxygen atoms in total. The minimum Gasteiger partial charge on any atom is -0.389 e. The lowest BCUT2D eigenvalue weighted by molar-refractivity contribution is 0.199. The van der Waals surface area contributed by atoms with E-state index in [4.69, 9.17) is 11.6 Å². The lowest BCUT2D eigenvalue weighted by Gasteiger charge is -2.08. The molecule has 0 saturated heterocycles. The summed E-state index contributed by atoms with van der Waals surface area (Å²) >= 11 is 7.48. The number of hydrogen-bond donors (Lipinski definition) is 2. The van der Waals surface area contributed by atoms with Crippen LogP contribution in [0.3, 0.4) is 0 Å². The number of hydrogen-bond acceptors (Lipinski definition) is 4. The summed E-state index contributed by atoms with van der Waals surface area (Å²) in [6.07, 6.45) is -0.559. The molecule has 0 aliphatic heterocycles. The Morgan fingerprint density at radius 1 is 1.58 bits per heavy atom. The summed E-state index contributed by atoms with van der Waals surface area (Å²) in [5.41, 5.74) is 0.519. The van der Waals surface area contributed by atoms with Crippen LogP contribution in [-0.2, 0) is 6.54 Å². The third kappa shape index (κ3) is 3.02. The van der Waals surface area contributed by atoms with Crippen LogP contribution in [0, 0.1) is 0 Å². The molecule has 0 bridgehead atoms. The standard InChI is InChI=1S/C12H14ClN3O2S/c1-3-16-11(18)14-15-12(16)19-10-5-4-8(7(2)17)6-9(10)13/h4-7,17H,3H2,1-2H3,(H,14,18)/t7-/m1/s1. The quantitative estimate of drug-likeness (QED) is 0.910. The van der Waals surface area contributed by atoms with Crippen LogP contribution in [0.5, 0.6) is 0 Å². The largest absolute Gasteiger partial charge is 0.389 e. The van der Waals surface area contributed by atoms with Crippen molar-refractivity contribution < 1.29 is 5.11 Å². The Labute approximate surface area is 119 Å². The van der Waals surface area contributed by atoms with Crippen molar-refractivity contribution in [1.82, 2.24) is 14.8 Å². The molecular weight excluding hydrogens is 286 g/mol. The molecule has 7 heteroatoms. The van der Waals surface area contributed by atoms with E-state index < -0.39 is 6.10 Å². The molecule has 19 heavy (non-hydrogen) atoms. The Kier molecular flexibility index (Phi) is 4.34. The zero-order chi connectivity index (χ0) is 14.0. The molecule has 1 aromatic heterocycles. The highest BCUT2D eigenvalue weighted by atomic mass is 35.5. The highest BCUT2D eigenvalue weighted by molar-refractivity contribution is 7.99. The van der Waals surface area contributed by atoms with Crippen molar-refractivity contribution >= 4 is 23.4 Å². The molecule has 0 radical (unpaired) electrons. The van der Waals surface area contributed by atoms with E-state index in [1.807, 2.05) is 13.0 Å². The summed E-state index contributed by atoms with van der Waals surface area (Å²) < 4.78 is 1.53. The van der Waals surface area contributed by atoms with Gasteiger partial charge in [-0.2, -0.15) is 0 Å². The molecule has 0 fully saturated rings. The molecule has 1 atom stereocenters. The van der Waals surface area contributed by atoms with Crippen molar-refractivity contribution in [3.8, 4) is 0 Å². The number of nitrogens with one attached hydrogen (secondary N) is 1. The average Bonchev–Trinajstić information content (AvgIpc) is 2.72. The maximum absolute atomic E-state index is 11.5. The molecule has 0 amide bonds. The Hall–Kier alpha value is -1.24. The smallest absolute Gasteiger partial charge is 0.343 e. The zero-order valence-electron chi connectivity index (χ0n) is 10.6. The highest BCUT2D eigenvalue weighted by Crippen LogP contribution is 2.33. The van der Waals surface area contributed by atoms with E-state index in [1.165, 1.54) is 16.3 Å². The molecule has 1 aromatic carbocycles. The van der Waals surface area contributed by atoms with Gasteiger partial charge in [-0.3, -0.25) is 4.57 Å². The Balaban J connectivity index is 2.31. The summed E-state index contributed by atoms with van der Waals surface area (Å²) in [5.74, 6) is 0. The maximum Gasteiger partial charge on any atom is 0.343 e. The summed E-state index contributed by atoms with van der Waals surface area (Å²) in [5, 5.41) is 17.0. The van der Waals surface area contributed by atoms with Gasteiger partial charge in [0.25, 0.3) is 0 Å². The number of H-pyrrole nitrogens is 1. The fraction of sp³-hybridized carbons (Fsp3) is 0.333. The summed E-state index contributed by atoms with van der Waals surface area (Å²) in [6, 6.07) is 5.34. The van der Waals surface area contributed by atoms with Gasteiger partial charge in [-0.25, -0.2) is 9.89 Å².